The molecule has 0 aliphatic carbocycles. The summed E-state index contributed by atoms with van der Waals surface area (Å²) in [6, 6.07) is 9.41. The first-order valence-electron chi connectivity index (χ1n) is 3.76. The molecule has 0 spiro atoms. The second-order valence-corrected chi connectivity index (χ2v) is 2.50. The van der Waals surface area contributed by atoms with Gasteiger partial charge in [0.05, 0.1) is 11.3 Å². The number of hydrogen-bond donors (Lipinski definition) is 0. The lowest BCUT2D eigenvalue weighted by Gasteiger charge is -2.01. The third kappa shape index (κ3) is 1.27. The van der Waals surface area contributed by atoms with Crippen molar-refractivity contribution >= 4 is 0 Å². The zero-order chi connectivity index (χ0) is 9.10. The fraction of sp³-hybridized carbons (Fsp3) is 0. The Morgan fingerprint density at radius 3 is 2.54 bits per heavy atom. The molecule has 0 saturated heterocycles. The van der Waals surface area contributed by atoms with Crippen LogP contribution in [0.25, 0.3) is 5.69 Å². The molecule has 0 aliphatic heterocycles. The molecule has 2 rings (SSSR count). The molecule has 4 heteroatoms. The van der Waals surface area contributed by atoms with E-state index in [-0.39, 0.29) is 0 Å². The largest absolute Gasteiger partial charge is 0.287 e. The third-order valence-corrected chi connectivity index (χ3v) is 1.72. The molecule has 0 unspecified atom stereocenters. The van der Waals surface area contributed by atoms with E-state index in [9.17, 15) is 0 Å². The molecule has 62 valence electrons. The monoisotopic (exact) mass is 170 g/mol. The summed E-state index contributed by atoms with van der Waals surface area (Å²) < 4.78 is 1.71. The lowest BCUT2D eigenvalue weighted by molar-refractivity contribution is 1.05. The van der Waals surface area contributed by atoms with Gasteiger partial charge in [0.2, 0.25) is 0 Å². The molecule has 13 heavy (non-hydrogen) atoms. The van der Waals surface area contributed by atoms with Crippen LogP contribution in [0.2, 0.25) is 0 Å². The molecule has 2 aromatic rings. The van der Waals surface area contributed by atoms with Crippen molar-refractivity contribution in [1.29, 1.82) is 5.26 Å². The Balaban J connectivity index is 2.59. The van der Waals surface area contributed by atoms with Crippen LogP contribution in [-0.4, -0.2) is 14.8 Å². The predicted molar refractivity (Wildman–Crippen MR) is 46.1 cm³/mol. The van der Waals surface area contributed by atoms with Gasteiger partial charge in [0.1, 0.15) is 18.7 Å². The van der Waals surface area contributed by atoms with Gasteiger partial charge < -0.3 is 0 Å². The summed E-state index contributed by atoms with van der Waals surface area (Å²) in [6.07, 6.45) is 3.13. The van der Waals surface area contributed by atoms with Gasteiger partial charge in [-0.1, -0.05) is 12.1 Å². The quantitative estimate of drug-likeness (QED) is 0.644. The minimum atomic E-state index is 0.613. The summed E-state index contributed by atoms with van der Waals surface area (Å²) in [5, 5.41) is 16.2. The zero-order valence-corrected chi connectivity index (χ0v) is 6.75. The molecule has 0 radical (unpaired) electrons. The van der Waals surface area contributed by atoms with Crippen LogP contribution in [0, 0.1) is 11.3 Å². The van der Waals surface area contributed by atoms with E-state index in [1.807, 2.05) is 18.2 Å². The maximum atomic E-state index is 8.81. The summed E-state index contributed by atoms with van der Waals surface area (Å²) in [5.41, 5.74) is 1.41. The zero-order valence-electron chi connectivity index (χ0n) is 6.75. The molecule has 1 heterocycles. The van der Waals surface area contributed by atoms with Gasteiger partial charge in [-0.05, 0) is 12.1 Å². The normalized spacial score (nSPS) is 9.46. The standard InChI is InChI=1S/C9H6N4/c10-5-8-3-1-2-4-9(8)13-6-11-12-7-13/h1-4,6-7H. The van der Waals surface area contributed by atoms with Gasteiger partial charge in [0.15, 0.2) is 0 Å². The Morgan fingerprint density at radius 2 is 1.85 bits per heavy atom. The van der Waals surface area contributed by atoms with Crippen LogP contribution < -0.4 is 0 Å². The topological polar surface area (TPSA) is 54.5 Å². The van der Waals surface area contributed by atoms with Gasteiger partial charge in [-0.25, -0.2) is 0 Å². The van der Waals surface area contributed by atoms with Crippen LogP contribution in [0.15, 0.2) is 36.9 Å². The Kier molecular flexibility index (Phi) is 1.77. The number of nitriles is 1. The van der Waals surface area contributed by atoms with E-state index >= 15 is 0 Å². The molecule has 0 fully saturated rings. The average Bonchev–Trinajstić information content (AvgIpc) is 2.70. The molecular formula is C9H6N4. The van der Waals surface area contributed by atoms with Crippen molar-refractivity contribution in [3.05, 3.63) is 42.5 Å². The van der Waals surface area contributed by atoms with Crippen molar-refractivity contribution in [2.45, 2.75) is 0 Å². The number of nitrogens with zero attached hydrogens (tertiary/aromatic N) is 4. The predicted octanol–water partition coefficient (Wildman–Crippen LogP) is 1.14. The maximum Gasteiger partial charge on any atom is 0.123 e. The van der Waals surface area contributed by atoms with E-state index < -0.39 is 0 Å². The van der Waals surface area contributed by atoms with Crippen LogP contribution in [-0.2, 0) is 0 Å². The van der Waals surface area contributed by atoms with E-state index in [2.05, 4.69) is 16.3 Å². The third-order valence-electron chi connectivity index (χ3n) is 1.72. The highest BCUT2D eigenvalue weighted by Crippen LogP contribution is 2.11. The Hall–Kier alpha value is -2.15. The van der Waals surface area contributed by atoms with Crippen molar-refractivity contribution in [3.8, 4) is 11.8 Å². The van der Waals surface area contributed by atoms with Crippen molar-refractivity contribution in [1.82, 2.24) is 14.8 Å². The van der Waals surface area contributed by atoms with Gasteiger partial charge in [-0.2, -0.15) is 5.26 Å². The van der Waals surface area contributed by atoms with Crippen LogP contribution in [0.5, 0.6) is 0 Å². The van der Waals surface area contributed by atoms with Crippen LogP contribution in [0.1, 0.15) is 5.56 Å². The number of aromatic nitrogens is 3. The fourth-order valence-corrected chi connectivity index (χ4v) is 1.12. The van der Waals surface area contributed by atoms with Crippen molar-refractivity contribution in [2.75, 3.05) is 0 Å². The highest BCUT2D eigenvalue weighted by atomic mass is 15.2. The fourth-order valence-electron chi connectivity index (χ4n) is 1.12. The van der Waals surface area contributed by atoms with E-state index in [0.717, 1.165) is 5.69 Å². The number of para-hydroxylation sites is 1. The maximum absolute atomic E-state index is 8.81. The average molecular weight is 170 g/mol. The summed E-state index contributed by atoms with van der Waals surface area (Å²) in [5.74, 6) is 0. The highest BCUT2D eigenvalue weighted by molar-refractivity contribution is 5.48. The minimum Gasteiger partial charge on any atom is -0.287 e. The lowest BCUT2D eigenvalue weighted by Crippen LogP contribution is -1.93. The molecule has 0 atom stereocenters. The van der Waals surface area contributed by atoms with E-state index in [1.54, 1.807) is 23.3 Å². The molecule has 0 bridgehead atoms. The first-order chi connectivity index (χ1) is 6.42. The summed E-state index contributed by atoms with van der Waals surface area (Å²) in [6.45, 7) is 0. The second-order valence-electron chi connectivity index (χ2n) is 2.50. The number of rotatable bonds is 1. The Morgan fingerprint density at radius 1 is 1.15 bits per heavy atom. The molecule has 0 amide bonds. The van der Waals surface area contributed by atoms with Gasteiger partial charge in [-0.3, -0.25) is 4.57 Å². The van der Waals surface area contributed by atoms with Gasteiger partial charge in [0, 0.05) is 0 Å². The Bertz CT molecular complexity index is 439. The van der Waals surface area contributed by atoms with E-state index in [1.165, 1.54) is 0 Å². The SMILES string of the molecule is N#Cc1ccccc1-n1cnnc1. The van der Waals surface area contributed by atoms with E-state index in [0.29, 0.717) is 5.56 Å². The molecule has 4 nitrogen and oxygen atoms in total. The van der Waals surface area contributed by atoms with Crippen molar-refractivity contribution in [2.24, 2.45) is 0 Å². The summed E-state index contributed by atoms with van der Waals surface area (Å²) >= 11 is 0. The van der Waals surface area contributed by atoms with Crippen molar-refractivity contribution in [3.63, 3.8) is 0 Å². The lowest BCUT2D eigenvalue weighted by atomic mass is 10.2. The molecular weight excluding hydrogens is 164 g/mol. The van der Waals surface area contributed by atoms with Gasteiger partial charge >= 0.3 is 0 Å². The molecule has 0 N–H and O–H groups in total. The van der Waals surface area contributed by atoms with Gasteiger partial charge in [0.25, 0.3) is 0 Å². The van der Waals surface area contributed by atoms with Crippen LogP contribution in [0.4, 0.5) is 0 Å². The Labute approximate surface area is 75.1 Å². The first kappa shape index (κ1) is 7.50. The van der Waals surface area contributed by atoms with E-state index in [4.69, 9.17) is 5.26 Å². The molecule has 0 aliphatic rings. The van der Waals surface area contributed by atoms with Crippen LogP contribution in [0.3, 0.4) is 0 Å². The van der Waals surface area contributed by atoms with Crippen LogP contribution >= 0.6 is 0 Å². The molecule has 1 aromatic carbocycles. The van der Waals surface area contributed by atoms with Gasteiger partial charge in [-0.15, -0.1) is 10.2 Å². The number of hydrogen-bond acceptors (Lipinski definition) is 3. The highest BCUT2D eigenvalue weighted by Gasteiger charge is 2.01. The minimum absolute atomic E-state index is 0.613. The second kappa shape index (κ2) is 3.07. The number of benzene rings is 1. The van der Waals surface area contributed by atoms with Crippen molar-refractivity contribution < 1.29 is 0 Å². The summed E-state index contributed by atoms with van der Waals surface area (Å²) in [7, 11) is 0. The smallest absolute Gasteiger partial charge is 0.123 e. The first-order valence-corrected chi connectivity index (χ1v) is 3.76. The summed E-state index contributed by atoms with van der Waals surface area (Å²) in [4.78, 5) is 0. The molecule has 0 saturated carbocycles. The molecule has 1 aromatic heterocycles.